The molecule has 0 spiro atoms. The number of piperazine rings is 1. The monoisotopic (exact) mass is 493 g/mol. The van der Waals surface area contributed by atoms with Crippen LogP contribution in [0.4, 0.5) is 15.9 Å². The number of amides is 1. The third-order valence-corrected chi connectivity index (χ3v) is 7.31. The summed E-state index contributed by atoms with van der Waals surface area (Å²) in [4.78, 5) is 25.0. The lowest BCUT2D eigenvalue weighted by Gasteiger charge is -2.40. The van der Waals surface area contributed by atoms with Crippen LogP contribution in [-0.2, 0) is 4.79 Å². The van der Waals surface area contributed by atoms with Crippen molar-refractivity contribution in [3.63, 3.8) is 0 Å². The first-order valence-corrected chi connectivity index (χ1v) is 12.4. The molecule has 5 rings (SSSR count). The molecule has 0 unspecified atom stereocenters. The number of nitrogens with one attached hydrogen (secondary N) is 1. The highest BCUT2D eigenvalue weighted by molar-refractivity contribution is 5.93. The van der Waals surface area contributed by atoms with Crippen LogP contribution in [0.15, 0.2) is 36.7 Å². The number of halogens is 1. The molecule has 190 valence electrons. The van der Waals surface area contributed by atoms with Crippen molar-refractivity contribution in [3.8, 4) is 11.5 Å². The smallest absolute Gasteiger partial charge is 0.236 e. The lowest BCUT2D eigenvalue weighted by atomic mass is 9.91. The minimum atomic E-state index is -0.312. The van der Waals surface area contributed by atoms with Crippen LogP contribution in [0, 0.1) is 12.7 Å². The summed E-state index contributed by atoms with van der Waals surface area (Å²) >= 11 is 0. The Kier molecular flexibility index (Phi) is 6.91. The zero-order chi connectivity index (χ0) is 25.2. The molecule has 1 aliphatic heterocycles. The maximum atomic E-state index is 14.6. The number of rotatable bonds is 6. The van der Waals surface area contributed by atoms with Crippen LogP contribution in [0.5, 0.6) is 11.5 Å². The number of carbonyl (C=O) groups is 1. The number of ether oxygens (including phenoxy) is 2. The van der Waals surface area contributed by atoms with Crippen LogP contribution in [0.25, 0.3) is 10.9 Å². The van der Waals surface area contributed by atoms with Gasteiger partial charge in [-0.3, -0.25) is 9.69 Å². The largest absolute Gasteiger partial charge is 0.493 e. The highest BCUT2D eigenvalue weighted by Gasteiger charge is 2.31. The summed E-state index contributed by atoms with van der Waals surface area (Å²) in [5.74, 6) is 1.60. The number of aromatic nitrogens is 2. The van der Waals surface area contributed by atoms with Crippen molar-refractivity contribution in [1.29, 1.82) is 0 Å². The molecule has 1 aromatic heterocycles. The van der Waals surface area contributed by atoms with Crippen molar-refractivity contribution >= 4 is 28.3 Å². The number of nitrogens with zero attached hydrogens (tertiary/aromatic N) is 4. The molecule has 2 heterocycles. The Morgan fingerprint density at radius 2 is 1.89 bits per heavy atom. The van der Waals surface area contributed by atoms with Gasteiger partial charge in [-0.15, -0.1) is 0 Å². The van der Waals surface area contributed by atoms with Crippen molar-refractivity contribution in [2.75, 3.05) is 39.1 Å². The molecule has 1 aliphatic carbocycles. The van der Waals surface area contributed by atoms with Crippen molar-refractivity contribution < 1.29 is 18.7 Å². The van der Waals surface area contributed by atoms with E-state index in [0.717, 1.165) is 44.2 Å². The number of fused-ring (bicyclic) bond motifs is 1. The third kappa shape index (κ3) is 4.93. The zero-order valence-electron chi connectivity index (χ0n) is 21.0. The van der Waals surface area contributed by atoms with E-state index in [2.05, 4.69) is 20.2 Å². The van der Waals surface area contributed by atoms with Gasteiger partial charge < -0.3 is 19.7 Å². The molecule has 2 fully saturated rings. The van der Waals surface area contributed by atoms with E-state index < -0.39 is 0 Å². The van der Waals surface area contributed by atoms with Gasteiger partial charge >= 0.3 is 0 Å². The molecule has 1 amide bonds. The quantitative estimate of drug-likeness (QED) is 0.549. The molecule has 0 bridgehead atoms. The van der Waals surface area contributed by atoms with Gasteiger partial charge in [0, 0.05) is 37.6 Å². The van der Waals surface area contributed by atoms with Gasteiger partial charge in [0.2, 0.25) is 5.91 Å². The average molecular weight is 494 g/mol. The summed E-state index contributed by atoms with van der Waals surface area (Å²) in [5, 5.41) is 3.84. The van der Waals surface area contributed by atoms with Crippen molar-refractivity contribution in [3.05, 3.63) is 48.0 Å². The Morgan fingerprint density at radius 1 is 1.08 bits per heavy atom. The van der Waals surface area contributed by atoms with Gasteiger partial charge in [-0.2, -0.15) is 0 Å². The van der Waals surface area contributed by atoms with Crippen molar-refractivity contribution in [2.24, 2.45) is 0 Å². The van der Waals surface area contributed by atoms with Crippen LogP contribution < -0.4 is 14.8 Å². The number of likely N-dealkylation sites (N-methyl/N-ethyl adjacent to an activating group) is 1. The fourth-order valence-corrected chi connectivity index (χ4v) is 5.08. The van der Waals surface area contributed by atoms with Gasteiger partial charge in [0.25, 0.3) is 0 Å². The van der Waals surface area contributed by atoms with E-state index in [-0.39, 0.29) is 17.8 Å². The number of carbonyl (C=O) groups excluding carboxylic acids is 1. The molecule has 36 heavy (non-hydrogen) atoms. The van der Waals surface area contributed by atoms with Crippen LogP contribution in [0.1, 0.15) is 31.2 Å². The number of aryl methyl sites for hydroxylation is 1. The molecule has 8 nitrogen and oxygen atoms in total. The molecule has 0 radical (unpaired) electrons. The normalized spacial score (nSPS) is 21.0. The van der Waals surface area contributed by atoms with Gasteiger partial charge in [-0.25, -0.2) is 14.4 Å². The maximum Gasteiger partial charge on any atom is 0.236 e. The van der Waals surface area contributed by atoms with Crippen molar-refractivity contribution in [1.82, 2.24) is 19.8 Å². The molecule has 0 atom stereocenters. The number of benzene rings is 2. The highest BCUT2D eigenvalue weighted by atomic mass is 19.1. The average Bonchev–Trinajstić information content (AvgIpc) is 2.89. The highest BCUT2D eigenvalue weighted by Crippen LogP contribution is 2.37. The summed E-state index contributed by atoms with van der Waals surface area (Å²) in [6.07, 6.45) is 5.27. The summed E-state index contributed by atoms with van der Waals surface area (Å²) in [6.45, 7) is 3.94. The van der Waals surface area contributed by atoms with Gasteiger partial charge in [-0.05, 0) is 50.3 Å². The predicted molar refractivity (Wildman–Crippen MR) is 136 cm³/mol. The second-order valence-electron chi connectivity index (χ2n) is 9.64. The van der Waals surface area contributed by atoms with E-state index >= 15 is 0 Å². The second-order valence-corrected chi connectivity index (χ2v) is 9.64. The Hall–Kier alpha value is -3.46. The number of anilines is 2. The molecular formula is C27H32FN5O3. The van der Waals surface area contributed by atoms with Gasteiger partial charge in [-0.1, -0.05) is 12.1 Å². The first kappa shape index (κ1) is 24.2. The molecule has 2 aromatic carbocycles. The predicted octanol–water partition coefficient (Wildman–Crippen LogP) is 4.29. The van der Waals surface area contributed by atoms with Crippen LogP contribution >= 0.6 is 0 Å². The SMILES string of the molecule is COc1cc2ncnc(Nc3cccc(C)c3F)c2cc1O[C@H]1CC[C@H](N2CCN(C)C(=O)C2)CC1. The summed E-state index contributed by atoms with van der Waals surface area (Å²) in [6, 6.07) is 9.32. The van der Waals surface area contributed by atoms with E-state index in [1.165, 1.54) is 6.33 Å². The van der Waals surface area contributed by atoms with Gasteiger partial charge in [0.15, 0.2) is 11.5 Å². The first-order valence-electron chi connectivity index (χ1n) is 12.4. The molecule has 9 heteroatoms. The lowest BCUT2D eigenvalue weighted by Crippen LogP contribution is -2.53. The Morgan fingerprint density at radius 3 is 2.64 bits per heavy atom. The Balaban J connectivity index is 1.33. The van der Waals surface area contributed by atoms with E-state index in [0.29, 0.717) is 46.7 Å². The lowest BCUT2D eigenvalue weighted by molar-refractivity contribution is -0.135. The Labute approximate surface area is 210 Å². The standard InChI is InChI=1S/C27H32FN5O3/c1-17-5-4-6-21(26(17)28)31-27-20-13-24(23(35-3)14-22(20)29-16-30-27)36-19-9-7-18(8-10-19)33-12-11-32(2)25(34)15-33/h4-6,13-14,16,18-19H,7-12,15H2,1-3H3,(H,29,30,31)/t18-,19-. The molecule has 1 saturated carbocycles. The van der Waals surface area contributed by atoms with Crippen LogP contribution in [0.3, 0.4) is 0 Å². The zero-order valence-corrected chi connectivity index (χ0v) is 21.0. The minimum Gasteiger partial charge on any atom is -0.493 e. The maximum absolute atomic E-state index is 14.6. The summed E-state index contributed by atoms with van der Waals surface area (Å²) in [7, 11) is 3.47. The van der Waals surface area contributed by atoms with Crippen LogP contribution in [-0.4, -0.2) is 71.6 Å². The fourth-order valence-electron chi connectivity index (χ4n) is 5.08. The number of methoxy groups -OCH3 is 1. The van der Waals surface area contributed by atoms with E-state index in [1.54, 1.807) is 37.1 Å². The topological polar surface area (TPSA) is 79.8 Å². The molecular weight excluding hydrogens is 461 g/mol. The summed E-state index contributed by atoms with van der Waals surface area (Å²) in [5.41, 5.74) is 1.59. The van der Waals surface area contributed by atoms with Crippen molar-refractivity contribution in [2.45, 2.75) is 44.8 Å². The number of hydrogen-bond acceptors (Lipinski definition) is 7. The van der Waals surface area contributed by atoms with Crippen LogP contribution in [0.2, 0.25) is 0 Å². The van der Waals surface area contributed by atoms with Gasteiger partial charge in [0.05, 0.1) is 31.0 Å². The van der Waals surface area contributed by atoms with E-state index in [9.17, 15) is 9.18 Å². The van der Waals surface area contributed by atoms with Gasteiger partial charge in [0.1, 0.15) is 18.0 Å². The molecule has 3 aromatic rings. The third-order valence-electron chi connectivity index (χ3n) is 7.31. The molecule has 2 aliphatic rings. The fraction of sp³-hybridized carbons (Fsp3) is 0.444. The molecule has 1 saturated heterocycles. The summed E-state index contributed by atoms with van der Waals surface area (Å²) < 4.78 is 26.7. The second kappa shape index (κ2) is 10.3. The number of hydrogen-bond donors (Lipinski definition) is 1. The van der Waals surface area contributed by atoms with E-state index in [4.69, 9.17) is 9.47 Å². The Bertz CT molecular complexity index is 1260. The van der Waals surface area contributed by atoms with E-state index in [1.807, 2.05) is 19.2 Å². The first-order chi connectivity index (χ1) is 17.4. The minimum absolute atomic E-state index is 0.0472. The molecule has 1 N–H and O–H groups in total.